The van der Waals surface area contributed by atoms with Gasteiger partial charge in [-0.3, -0.25) is 9.59 Å². The van der Waals surface area contributed by atoms with Crippen molar-refractivity contribution in [2.75, 3.05) is 20.2 Å². The van der Waals surface area contributed by atoms with E-state index in [4.69, 9.17) is 4.74 Å². The number of aromatic nitrogens is 3. The number of nitrogens with zero attached hydrogens (tertiary/aromatic N) is 4. The van der Waals surface area contributed by atoms with Gasteiger partial charge in [-0.25, -0.2) is 0 Å². The second-order valence-electron chi connectivity index (χ2n) is 9.09. The van der Waals surface area contributed by atoms with Gasteiger partial charge in [0.2, 0.25) is 5.88 Å². The second kappa shape index (κ2) is 8.09. The Morgan fingerprint density at radius 3 is 2.50 bits per heavy atom. The van der Waals surface area contributed by atoms with Crippen LogP contribution in [0, 0.1) is 5.92 Å². The predicted molar refractivity (Wildman–Crippen MR) is 129 cm³/mol. The number of carbonyl (C=O) groups excluding carboxylic acids is 1. The highest BCUT2D eigenvalue weighted by atomic mass is 16.5. The van der Waals surface area contributed by atoms with Gasteiger partial charge in [-0.15, -0.1) is 10.2 Å². The van der Waals surface area contributed by atoms with E-state index < -0.39 is 0 Å². The number of ether oxygens (including phenoxy) is 1. The highest BCUT2D eigenvalue weighted by Crippen LogP contribution is 2.36. The molecule has 2 aliphatic rings. The van der Waals surface area contributed by atoms with Crippen LogP contribution in [0.4, 0.5) is 0 Å². The molecule has 1 saturated heterocycles. The van der Waals surface area contributed by atoms with Gasteiger partial charge >= 0.3 is 0 Å². The molecule has 2 aromatic heterocycles. The van der Waals surface area contributed by atoms with Gasteiger partial charge in [0, 0.05) is 59.2 Å². The van der Waals surface area contributed by atoms with Gasteiger partial charge < -0.3 is 14.2 Å². The molecular formula is C27H24N4O3. The van der Waals surface area contributed by atoms with E-state index in [0.29, 0.717) is 37.0 Å². The lowest BCUT2D eigenvalue weighted by atomic mass is 9.83. The Labute approximate surface area is 196 Å². The van der Waals surface area contributed by atoms with E-state index in [1.54, 1.807) is 13.2 Å². The van der Waals surface area contributed by atoms with E-state index in [-0.39, 0.29) is 17.4 Å². The molecule has 2 aromatic carbocycles. The molecule has 0 radical (unpaired) electrons. The zero-order chi connectivity index (χ0) is 23.2. The molecule has 2 aliphatic heterocycles. The summed E-state index contributed by atoms with van der Waals surface area (Å²) in [6.45, 7) is 1.99. The van der Waals surface area contributed by atoms with E-state index in [9.17, 15) is 9.59 Å². The highest BCUT2D eigenvalue weighted by Gasteiger charge is 2.36. The largest absolute Gasteiger partial charge is 0.479 e. The van der Waals surface area contributed by atoms with Crippen molar-refractivity contribution in [3.63, 3.8) is 0 Å². The Bertz CT molecular complexity index is 1460. The van der Waals surface area contributed by atoms with Crippen LogP contribution in [0.5, 0.6) is 5.88 Å². The molecule has 7 nitrogen and oxygen atoms in total. The first-order valence-electron chi connectivity index (χ1n) is 11.5. The molecule has 0 aliphatic carbocycles. The summed E-state index contributed by atoms with van der Waals surface area (Å²) in [6.07, 6.45) is 1.02. The molecule has 6 rings (SSSR count). The lowest BCUT2D eigenvalue weighted by Gasteiger charge is -2.42. The number of pyridine rings is 1. The standard InChI is InChI=1S/C27H24N4O3/c1-34-26-22-6-3-2-5-21(22)25(28-29-26)18-9-11-19(12-10-18)27(33)30-14-17-13-20(16-30)23-7-4-8-24(32)31(23)15-17/h2-12,17,20H,13-16H2,1H3/t17-,20+/m0/s1. The van der Waals surface area contributed by atoms with Crippen molar-refractivity contribution in [1.29, 1.82) is 0 Å². The first-order valence-corrected chi connectivity index (χ1v) is 11.5. The number of hydrogen-bond acceptors (Lipinski definition) is 5. The lowest BCUT2D eigenvalue weighted by Crippen LogP contribution is -2.49. The summed E-state index contributed by atoms with van der Waals surface area (Å²) >= 11 is 0. The van der Waals surface area contributed by atoms with Gasteiger partial charge in [-0.1, -0.05) is 36.4 Å². The van der Waals surface area contributed by atoms with Crippen molar-refractivity contribution in [2.24, 2.45) is 5.92 Å². The molecule has 2 atom stereocenters. The zero-order valence-corrected chi connectivity index (χ0v) is 18.8. The maximum Gasteiger partial charge on any atom is 0.253 e. The number of fused-ring (bicyclic) bond motifs is 5. The summed E-state index contributed by atoms with van der Waals surface area (Å²) in [5.74, 6) is 1.02. The summed E-state index contributed by atoms with van der Waals surface area (Å²) in [6, 6.07) is 20.9. The number of likely N-dealkylation sites (tertiary alicyclic amines) is 1. The monoisotopic (exact) mass is 452 g/mol. The summed E-state index contributed by atoms with van der Waals surface area (Å²) < 4.78 is 7.24. The van der Waals surface area contributed by atoms with Crippen molar-refractivity contribution >= 4 is 16.7 Å². The summed E-state index contributed by atoms with van der Waals surface area (Å²) in [4.78, 5) is 27.6. The van der Waals surface area contributed by atoms with E-state index >= 15 is 0 Å². The molecule has 0 unspecified atom stereocenters. The maximum atomic E-state index is 13.4. The molecule has 2 bridgehead atoms. The summed E-state index contributed by atoms with van der Waals surface area (Å²) in [7, 11) is 1.59. The molecule has 0 N–H and O–H groups in total. The zero-order valence-electron chi connectivity index (χ0n) is 18.8. The van der Waals surface area contributed by atoms with Crippen LogP contribution < -0.4 is 10.3 Å². The predicted octanol–water partition coefficient (Wildman–Crippen LogP) is 3.73. The van der Waals surface area contributed by atoms with E-state index in [1.165, 1.54) is 0 Å². The molecule has 0 saturated carbocycles. The van der Waals surface area contributed by atoms with E-state index in [2.05, 4.69) is 10.2 Å². The Morgan fingerprint density at radius 2 is 1.71 bits per heavy atom. The molecule has 0 spiro atoms. The Hall–Kier alpha value is -4.00. The average molecular weight is 453 g/mol. The number of rotatable bonds is 3. The van der Waals surface area contributed by atoms with Crippen molar-refractivity contribution in [3.05, 3.63) is 88.3 Å². The third kappa shape index (κ3) is 3.36. The maximum absolute atomic E-state index is 13.4. The van der Waals surface area contributed by atoms with Gasteiger partial charge in [-0.05, 0) is 36.6 Å². The molecule has 7 heteroatoms. The van der Waals surface area contributed by atoms with Gasteiger partial charge in [-0.2, -0.15) is 0 Å². The number of piperidine rings is 1. The fourth-order valence-electron chi connectivity index (χ4n) is 5.46. The third-order valence-electron chi connectivity index (χ3n) is 7.02. The van der Waals surface area contributed by atoms with Gasteiger partial charge in [0.15, 0.2) is 0 Å². The molecule has 1 amide bonds. The van der Waals surface area contributed by atoms with Crippen molar-refractivity contribution in [2.45, 2.75) is 18.9 Å². The van der Waals surface area contributed by atoms with Gasteiger partial charge in [0.25, 0.3) is 11.5 Å². The minimum absolute atomic E-state index is 0.0265. The van der Waals surface area contributed by atoms with Crippen molar-refractivity contribution in [1.82, 2.24) is 19.7 Å². The van der Waals surface area contributed by atoms with E-state index in [0.717, 1.165) is 34.1 Å². The molecule has 170 valence electrons. The minimum Gasteiger partial charge on any atom is -0.479 e. The number of benzene rings is 2. The third-order valence-corrected chi connectivity index (χ3v) is 7.02. The Balaban J connectivity index is 1.27. The van der Waals surface area contributed by atoms with Crippen molar-refractivity contribution < 1.29 is 9.53 Å². The SMILES string of the molecule is COc1nnc(-c2ccc(C(=O)N3C[C@@H]4C[C@H](C3)c3cccc(=O)n3C4)cc2)c2ccccc12. The highest BCUT2D eigenvalue weighted by molar-refractivity contribution is 5.98. The average Bonchev–Trinajstić information content (AvgIpc) is 2.88. The van der Waals surface area contributed by atoms with Crippen LogP contribution in [0.1, 0.15) is 28.4 Å². The lowest BCUT2D eigenvalue weighted by molar-refractivity contribution is 0.0594. The van der Waals surface area contributed by atoms with Crippen LogP contribution in [-0.2, 0) is 6.54 Å². The van der Waals surface area contributed by atoms with Crippen LogP contribution in [-0.4, -0.2) is 45.8 Å². The second-order valence-corrected chi connectivity index (χ2v) is 9.09. The van der Waals surface area contributed by atoms with Crippen LogP contribution in [0.15, 0.2) is 71.5 Å². The van der Waals surface area contributed by atoms with Gasteiger partial charge in [0.1, 0.15) is 5.69 Å². The van der Waals surface area contributed by atoms with Crippen LogP contribution in [0.3, 0.4) is 0 Å². The topological polar surface area (TPSA) is 77.3 Å². The molecule has 4 aromatic rings. The molecule has 34 heavy (non-hydrogen) atoms. The summed E-state index contributed by atoms with van der Waals surface area (Å²) in [5, 5.41) is 10.4. The van der Waals surface area contributed by atoms with Crippen molar-refractivity contribution in [3.8, 4) is 17.1 Å². The first kappa shape index (κ1) is 20.6. The van der Waals surface area contributed by atoms with E-state index in [1.807, 2.05) is 70.1 Å². The van der Waals surface area contributed by atoms with Crippen LogP contribution in [0.25, 0.3) is 22.0 Å². The quantitative estimate of drug-likeness (QED) is 0.473. The Kier molecular flexibility index (Phi) is 4.90. The molecule has 4 heterocycles. The molecule has 1 fully saturated rings. The first-order chi connectivity index (χ1) is 16.6. The number of amides is 1. The van der Waals surface area contributed by atoms with Gasteiger partial charge in [0.05, 0.1) is 7.11 Å². The fourth-order valence-corrected chi connectivity index (χ4v) is 5.46. The smallest absolute Gasteiger partial charge is 0.253 e. The number of carbonyl (C=O) groups is 1. The number of hydrogen-bond donors (Lipinski definition) is 0. The Morgan fingerprint density at radius 1 is 0.912 bits per heavy atom. The van der Waals surface area contributed by atoms with Crippen LogP contribution in [0.2, 0.25) is 0 Å². The normalized spacial score (nSPS) is 19.0. The fraction of sp³-hybridized carbons (Fsp3) is 0.259. The van der Waals surface area contributed by atoms with Crippen LogP contribution >= 0.6 is 0 Å². The summed E-state index contributed by atoms with van der Waals surface area (Å²) in [5.41, 5.74) is 3.40. The molecular weight excluding hydrogens is 428 g/mol. The minimum atomic E-state index is 0.0265. The number of methoxy groups -OCH3 is 1.